The van der Waals surface area contributed by atoms with Crippen LogP contribution in [0.1, 0.15) is 53.8 Å². The van der Waals surface area contributed by atoms with E-state index in [4.69, 9.17) is 16.3 Å². The molecule has 0 saturated heterocycles. The molecule has 3 aromatic rings. The molecule has 0 bridgehead atoms. The SMILES string of the molecule is Cc1nc2ccc(Br)nc2n1Cc1ccc(C(=O)OC2CCCCC2)cc1Cl. The number of fused-ring (bicyclic) bond motifs is 1. The molecule has 1 aliphatic carbocycles. The molecule has 0 aliphatic heterocycles. The lowest BCUT2D eigenvalue weighted by Crippen LogP contribution is -2.21. The van der Waals surface area contributed by atoms with Crippen LogP contribution < -0.4 is 0 Å². The number of carbonyl (C=O) groups excluding carboxylic acids is 1. The quantitative estimate of drug-likeness (QED) is 0.369. The summed E-state index contributed by atoms with van der Waals surface area (Å²) in [5, 5.41) is 0.536. The van der Waals surface area contributed by atoms with E-state index in [0.717, 1.165) is 52.8 Å². The summed E-state index contributed by atoms with van der Waals surface area (Å²) >= 11 is 9.91. The van der Waals surface area contributed by atoms with Crippen molar-refractivity contribution in [3.8, 4) is 0 Å². The van der Waals surface area contributed by atoms with Gasteiger partial charge in [0.15, 0.2) is 5.65 Å². The average Bonchev–Trinajstić information content (AvgIpc) is 2.99. The van der Waals surface area contributed by atoms with Gasteiger partial charge in [-0.3, -0.25) is 0 Å². The Morgan fingerprint density at radius 3 is 2.75 bits per heavy atom. The van der Waals surface area contributed by atoms with Gasteiger partial charge in [-0.15, -0.1) is 0 Å². The maximum absolute atomic E-state index is 12.4. The molecule has 5 nitrogen and oxygen atoms in total. The highest BCUT2D eigenvalue weighted by Gasteiger charge is 2.19. The van der Waals surface area contributed by atoms with Crippen molar-refractivity contribution in [2.45, 2.75) is 51.7 Å². The molecule has 2 heterocycles. The van der Waals surface area contributed by atoms with Crippen LogP contribution in [0.3, 0.4) is 0 Å². The van der Waals surface area contributed by atoms with Gasteiger partial charge in [0.2, 0.25) is 0 Å². The molecule has 28 heavy (non-hydrogen) atoms. The van der Waals surface area contributed by atoms with Gasteiger partial charge in [-0.2, -0.15) is 0 Å². The lowest BCUT2D eigenvalue weighted by atomic mass is 9.98. The number of imidazole rings is 1. The highest BCUT2D eigenvalue weighted by molar-refractivity contribution is 9.10. The van der Waals surface area contributed by atoms with E-state index in [0.29, 0.717) is 17.1 Å². The van der Waals surface area contributed by atoms with Crippen LogP contribution in [0.5, 0.6) is 0 Å². The second-order valence-corrected chi connectivity index (χ2v) is 8.41. The third-order valence-electron chi connectivity index (χ3n) is 5.19. The van der Waals surface area contributed by atoms with E-state index in [1.54, 1.807) is 12.1 Å². The van der Waals surface area contributed by atoms with Crippen LogP contribution in [0, 0.1) is 6.92 Å². The molecule has 0 radical (unpaired) electrons. The van der Waals surface area contributed by atoms with E-state index < -0.39 is 0 Å². The first-order chi connectivity index (χ1) is 13.5. The zero-order valence-electron chi connectivity index (χ0n) is 15.6. The number of pyridine rings is 1. The summed E-state index contributed by atoms with van der Waals surface area (Å²) in [7, 11) is 0. The first-order valence-electron chi connectivity index (χ1n) is 9.50. The Morgan fingerprint density at radius 2 is 2.00 bits per heavy atom. The standard InChI is InChI=1S/C21H21BrClN3O2/c1-13-24-18-9-10-19(22)25-20(18)26(13)12-15-8-7-14(11-17(15)23)21(27)28-16-5-3-2-4-6-16/h7-11,16H,2-6,12H2,1H3. The summed E-state index contributed by atoms with van der Waals surface area (Å²) in [6.07, 6.45) is 5.41. The maximum Gasteiger partial charge on any atom is 0.338 e. The van der Waals surface area contributed by atoms with Gasteiger partial charge in [-0.1, -0.05) is 24.1 Å². The Bertz CT molecular complexity index is 1030. The van der Waals surface area contributed by atoms with Crippen molar-refractivity contribution in [1.29, 1.82) is 0 Å². The molecule has 0 unspecified atom stereocenters. The minimum Gasteiger partial charge on any atom is -0.459 e. The minimum atomic E-state index is -0.296. The van der Waals surface area contributed by atoms with Gasteiger partial charge in [0.25, 0.3) is 0 Å². The van der Waals surface area contributed by atoms with Crippen LogP contribution in [0.2, 0.25) is 5.02 Å². The highest BCUT2D eigenvalue weighted by atomic mass is 79.9. The van der Waals surface area contributed by atoms with Gasteiger partial charge in [0.1, 0.15) is 22.0 Å². The monoisotopic (exact) mass is 461 g/mol. The molecule has 0 amide bonds. The largest absolute Gasteiger partial charge is 0.459 e. The summed E-state index contributed by atoms with van der Waals surface area (Å²) in [6.45, 7) is 2.47. The Morgan fingerprint density at radius 1 is 1.21 bits per heavy atom. The van der Waals surface area contributed by atoms with Crippen molar-refractivity contribution in [3.05, 3.63) is 56.9 Å². The fraction of sp³-hybridized carbons (Fsp3) is 0.381. The molecule has 1 fully saturated rings. The molecular formula is C21H21BrClN3O2. The molecule has 2 aromatic heterocycles. The van der Waals surface area contributed by atoms with E-state index in [1.807, 2.05) is 29.7 Å². The number of aryl methyl sites for hydroxylation is 1. The topological polar surface area (TPSA) is 57.0 Å². The van der Waals surface area contributed by atoms with Crippen LogP contribution in [0.4, 0.5) is 0 Å². The number of rotatable bonds is 4. The molecule has 0 N–H and O–H groups in total. The normalized spacial score (nSPS) is 15.1. The number of carbonyl (C=O) groups is 1. The van der Waals surface area contributed by atoms with Gasteiger partial charge in [-0.05, 0) is 78.4 Å². The Kier molecular flexibility index (Phi) is 5.69. The van der Waals surface area contributed by atoms with Crippen LogP contribution in [-0.4, -0.2) is 26.6 Å². The zero-order chi connectivity index (χ0) is 19.7. The van der Waals surface area contributed by atoms with Crippen LogP contribution >= 0.6 is 27.5 Å². The Labute approximate surface area is 177 Å². The third-order valence-corrected chi connectivity index (χ3v) is 5.99. The molecule has 7 heteroatoms. The minimum absolute atomic E-state index is 0.0317. The lowest BCUT2D eigenvalue weighted by molar-refractivity contribution is 0.0211. The van der Waals surface area contributed by atoms with Gasteiger partial charge >= 0.3 is 5.97 Å². The van der Waals surface area contributed by atoms with Gasteiger partial charge in [0, 0.05) is 5.02 Å². The van der Waals surface area contributed by atoms with Crippen LogP contribution in [-0.2, 0) is 11.3 Å². The molecule has 0 atom stereocenters. The summed E-state index contributed by atoms with van der Waals surface area (Å²) < 4.78 is 8.41. The second-order valence-electron chi connectivity index (χ2n) is 7.19. The van der Waals surface area contributed by atoms with Gasteiger partial charge in [0.05, 0.1) is 12.1 Å². The first-order valence-corrected chi connectivity index (χ1v) is 10.7. The van der Waals surface area contributed by atoms with Gasteiger partial charge in [-0.25, -0.2) is 14.8 Å². The van der Waals surface area contributed by atoms with Crippen LogP contribution in [0.25, 0.3) is 11.2 Å². The number of esters is 1. The van der Waals surface area contributed by atoms with Crippen molar-refractivity contribution in [3.63, 3.8) is 0 Å². The number of nitrogens with zero attached hydrogens (tertiary/aromatic N) is 3. The van der Waals surface area contributed by atoms with Crippen molar-refractivity contribution >= 4 is 44.7 Å². The summed E-state index contributed by atoms with van der Waals surface area (Å²) in [5.74, 6) is 0.563. The third kappa shape index (κ3) is 4.08. The molecule has 146 valence electrons. The average molecular weight is 463 g/mol. The number of benzene rings is 1. The van der Waals surface area contributed by atoms with E-state index in [9.17, 15) is 4.79 Å². The maximum atomic E-state index is 12.4. The number of hydrogen-bond acceptors (Lipinski definition) is 4. The molecule has 1 saturated carbocycles. The molecule has 1 aliphatic rings. The number of ether oxygens (including phenoxy) is 1. The highest BCUT2D eigenvalue weighted by Crippen LogP contribution is 2.25. The second kappa shape index (κ2) is 8.21. The van der Waals surface area contributed by atoms with Crippen molar-refractivity contribution in [1.82, 2.24) is 14.5 Å². The number of hydrogen-bond donors (Lipinski definition) is 0. The van der Waals surface area contributed by atoms with Crippen molar-refractivity contribution in [2.24, 2.45) is 0 Å². The Hall–Kier alpha value is -1.92. The molecule has 0 spiro atoms. The van der Waals surface area contributed by atoms with E-state index in [2.05, 4.69) is 25.9 Å². The van der Waals surface area contributed by atoms with Crippen LogP contribution in [0.15, 0.2) is 34.9 Å². The first kappa shape index (κ1) is 19.4. The van der Waals surface area contributed by atoms with E-state index in [1.165, 1.54) is 6.42 Å². The van der Waals surface area contributed by atoms with E-state index in [-0.39, 0.29) is 12.1 Å². The predicted molar refractivity (Wildman–Crippen MR) is 113 cm³/mol. The van der Waals surface area contributed by atoms with Crippen molar-refractivity contribution < 1.29 is 9.53 Å². The number of aromatic nitrogens is 3. The van der Waals surface area contributed by atoms with Crippen molar-refractivity contribution in [2.75, 3.05) is 0 Å². The zero-order valence-corrected chi connectivity index (χ0v) is 18.0. The number of halogens is 2. The van der Waals surface area contributed by atoms with Gasteiger partial charge < -0.3 is 9.30 Å². The fourth-order valence-electron chi connectivity index (χ4n) is 3.66. The summed E-state index contributed by atoms with van der Waals surface area (Å²) in [4.78, 5) is 21.5. The summed E-state index contributed by atoms with van der Waals surface area (Å²) in [5.41, 5.74) is 3.03. The molecule has 1 aromatic carbocycles. The molecule has 4 rings (SSSR count). The van der Waals surface area contributed by atoms with E-state index >= 15 is 0 Å². The predicted octanol–water partition coefficient (Wildman–Crippen LogP) is 5.69. The Balaban J connectivity index is 1.54. The smallest absolute Gasteiger partial charge is 0.338 e. The lowest BCUT2D eigenvalue weighted by Gasteiger charge is -2.22. The fourth-order valence-corrected chi connectivity index (χ4v) is 4.20. The summed E-state index contributed by atoms with van der Waals surface area (Å²) in [6, 6.07) is 9.16. The molecular weight excluding hydrogens is 442 g/mol.